The maximum absolute atomic E-state index is 12.8. The van der Waals surface area contributed by atoms with Crippen LogP contribution >= 0.6 is 11.8 Å². The molecule has 3 aromatic rings. The number of hydrogen-bond acceptors (Lipinski definition) is 2. The summed E-state index contributed by atoms with van der Waals surface area (Å²) in [4.78, 5) is 13.8. The van der Waals surface area contributed by atoms with E-state index in [0.29, 0.717) is 0 Å². The predicted molar refractivity (Wildman–Crippen MR) is 84.5 cm³/mol. The van der Waals surface area contributed by atoms with Gasteiger partial charge in [0.1, 0.15) is 0 Å². The molecular formula is C17H15NOS. The van der Waals surface area contributed by atoms with Crippen LogP contribution in [-0.4, -0.2) is 16.2 Å². The minimum Gasteiger partial charge on any atom is -0.283 e. The molecule has 100 valence electrons. The summed E-state index contributed by atoms with van der Waals surface area (Å²) < 4.78 is 1.73. The van der Waals surface area contributed by atoms with Gasteiger partial charge in [-0.2, -0.15) is 0 Å². The standard InChI is InChI=1S/C17H15NOS/c1-2-20-16-10-6-4-8-14(16)17(19)18-12-11-13-7-3-5-9-15(13)18/h3-12H,2H2,1H3. The normalized spacial score (nSPS) is 10.8. The van der Waals surface area contributed by atoms with Gasteiger partial charge < -0.3 is 0 Å². The van der Waals surface area contributed by atoms with Crippen molar-refractivity contribution in [3.8, 4) is 0 Å². The summed E-state index contributed by atoms with van der Waals surface area (Å²) in [6.07, 6.45) is 1.85. The highest BCUT2D eigenvalue weighted by Crippen LogP contribution is 2.24. The number of fused-ring (bicyclic) bond motifs is 1. The quantitative estimate of drug-likeness (QED) is 0.662. The van der Waals surface area contributed by atoms with E-state index >= 15 is 0 Å². The van der Waals surface area contributed by atoms with Gasteiger partial charge in [-0.15, -0.1) is 11.8 Å². The molecule has 0 radical (unpaired) electrons. The van der Waals surface area contributed by atoms with Gasteiger partial charge in [0, 0.05) is 16.5 Å². The Morgan fingerprint density at radius 3 is 2.65 bits per heavy atom. The SMILES string of the molecule is CCSc1ccccc1C(=O)n1ccc2ccccc21. The van der Waals surface area contributed by atoms with E-state index in [0.717, 1.165) is 27.1 Å². The second-order valence-corrected chi connectivity index (χ2v) is 5.78. The average molecular weight is 281 g/mol. The van der Waals surface area contributed by atoms with Crippen LogP contribution in [0.1, 0.15) is 17.3 Å². The molecule has 0 N–H and O–H groups in total. The fourth-order valence-electron chi connectivity index (χ4n) is 2.31. The molecule has 0 unspecified atom stereocenters. The van der Waals surface area contributed by atoms with Crippen molar-refractivity contribution in [2.45, 2.75) is 11.8 Å². The molecule has 0 aliphatic heterocycles. The van der Waals surface area contributed by atoms with E-state index in [4.69, 9.17) is 0 Å². The molecule has 3 heteroatoms. The highest BCUT2D eigenvalue weighted by molar-refractivity contribution is 7.99. The maximum Gasteiger partial charge on any atom is 0.263 e. The van der Waals surface area contributed by atoms with Gasteiger partial charge in [-0.05, 0) is 30.0 Å². The molecule has 0 spiro atoms. The molecule has 0 fully saturated rings. The molecule has 0 atom stereocenters. The first-order valence-corrected chi connectivity index (χ1v) is 7.62. The second kappa shape index (κ2) is 5.55. The van der Waals surface area contributed by atoms with Crippen LogP contribution in [0.4, 0.5) is 0 Å². The highest BCUT2D eigenvalue weighted by Gasteiger charge is 2.14. The smallest absolute Gasteiger partial charge is 0.263 e. The highest BCUT2D eigenvalue weighted by atomic mass is 32.2. The van der Waals surface area contributed by atoms with Crippen molar-refractivity contribution in [2.24, 2.45) is 0 Å². The lowest BCUT2D eigenvalue weighted by molar-refractivity contribution is 0.0962. The number of rotatable bonds is 3. The summed E-state index contributed by atoms with van der Waals surface area (Å²) in [5.41, 5.74) is 1.72. The first kappa shape index (κ1) is 13.0. The zero-order valence-electron chi connectivity index (χ0n) is 11.2. The number of nitrogens with zero attached hydrogens (tertiary/aromatic N) is 1. The van der Waals surface area contributed by atoms with E-state index < -0.39 is 0 Å². The summed E-state index contributed by atoms with van der Waals surface area (Å²) in [6.45, 7) is 2.09. The summed E-state index contributed by atoms with van der Waals surface area (Å²) >= 11 is 1.70. The summed E-state index contributed by atoms with van der Waals surface area (Å²) in [7, 11) is 0. The monoisotopic (exact) mass is 281 g/mol. The maximum atomic E-state index is 12.8. The van der Waals surface area contributed by atoms with Crippen molar-refractivity contribution in [3.63, 3.8) is 0 Å². The van der Waals surface area contributed by atoms with Gasteiger partial charge in [-0.25, -0.2) is 0 Å². The van der Waals surface area contributed by atoms with Crippen molar-refractivity contribution in [1.29, 1.82) is 0 Å². The zero-order valence-corrected chi connectivity index (χ0v) is 12.1. The number of carbonyl (C=O) groups is 1. The van der Waals surface area contributed by atoms with Crippen molar-refractivity contribution < 1.29 is 4.79 Å². The number of aromatic nitrogens is 1. The third-order valence-corrected chi connectivity index (χ3v) is 4.19. The summed E-state index contributed by atoms with van der Waals surface area (Å²) in [5.74, 6) is 0.985. The van der Waals surface area contributed by atoms with Crippen molar-refractivity contribution >= 4 is 28.6 Å². The Morgan fingerprint density at radius 2 is 1.80 bits per heavy atom. The zero-order chi connectivity index (χ0) is 13.9. The summed E-state index contributed by atoms with van der Waals surface area (Å²) in [6, 6.07) is 17.7. The minimum absolute atomic E-state index is 0.0303. The molecule has 1 aromatic heterocycles. The van der Waals surface area contributed by atoms with Gasteiger partial charge in [0.15, 0.2) is 0 Å². The third kappa shape index (κ3) is 2.25. The average Bonchev–Trinajstić information content (AvgIpc) is 2.91. The fraction of sp³-hybridized carbons (Fsp3) is 0.118. The lowest BCUT2D eigenvalue weighted by atomic mass is 10.2. The Morgan fingerprint density at radius 1 is 1.05 bits per heavy atom. The molecular weight excluding hydrogens is 266 g/mol. The Hall–Kier alpha value is -2.00. The molecule has 0 aliphatic rings. The Bertz CT molecular complexity index is 760. The Balaban J connectivity index is 2.09. The molecule has 2 nitrogen and oxygen atoms in total. The van der Waals surface area contributed by atoms with E-state index in [1.54, 1.807) is 16.3 Å². The second-order valence-electron chi connectivity index (χ2n) is 4.48. The predicted octanol–water partition coefficient (Wildman–Crippen LogP) is 4.44. The molecule has 0 saturated carbocycles. The largest absolute Gasteiger partial charge is 0.283 e. The number of benzene rings is 2. The van der Waals surface area contributed by atoms with Crippen LogP contribution in [0.5, 0.6) is 0 Å². The molecule has 1 heterocycles. The van der Waals surface area contributed by atoms with Crippen LogP contribution in [0.2, 0.25) is 0 Å². The van der Waals surface area contributed by atoms with Crippen LogP contribution < -0.4 is 0 Å². The Labute approximate surface area is 122 Å². The van der Waals surface area contributed by atoms with Gasteiger partial charge in [-0.1, -0.05) is 37.3 Å². The van der Waals surface area contributed by atoms with E-state index in [2.05, 4.69) is 6.92 Å². The molecule has 0 aliphatic carbocycles. The van der Waals surface area contributed by atoms with Gasteiger partial charge in [-0.3, -0.25) is 9.36 Å². The van der Waals surface area contributed by atoms with Crippen LogP contribution in [0.3, 0.4) is 0 Å². The molecule has 3 rings (SSSR count). The topological polar surface area (TPSA) is 22.0 Å². The van der Waals surface area contributed by atoms with Gasteiger partial charge in [0.25, 0.3) is 5.91 Å². The molecule has 20 heavy (non-hydrogen) atoms. The van der Waals surface area contributed by atoms with Gasteiger partial charge in [0.2, 0.25) is 0 Å². The van der Waals surface area contributed by atoms with Crippen LogP contribution in [0.25, 0.3) is 10.9 Å². The molecule has 0 saturated heterocycles. The van der Waals surface area contributed by atoms with E-state index in [1.165, 1.54) is 0 Å². The number of hydrogen-bond donors (Lipinski definition) is 0. The third-order valence-electron chi connectivity index (χ3n) is 3.24. The fourth-order valence-corrected chi connectivity index (χ4v) is 3.11. The Kier molecular flexibility index (Phi) is 3.61. The molecule has 0 bridgehead atoms. The van der Waals surface area contributed by atoms with Gasteiger partial charge in [0.05, 0.1) is 11.1 Å². The summed E-state index contributed by atoms with van der Waals surface area (Å²) in [5, 5.41) is 1.08. The van der Waals surface area contributed by atoms with Crippen molar-refractivity contribution in [2.75, 3.05) is 5.75 Å². The first-order chi connectivity index (χ1) is 9.81. The molecule has 0 amide bonds. The number of para-hydroxylation sites is 1. The van der Waals surface area contributed by atoms with Crippen LogP contribution in [0, 0.1) is 0 Å². The van der Waals surface area contributed by atoms with Crippen molar-refractivity contribution in [1.82, 2.24) is 4.57 Å². The van der Waals surface area contributed by atoms with Crippen LogP contribution in [-0.2, 0) is 0 Å². The van der Waals surface area contributed by atoms with Crippen LogP contribution in [0.15, 0.2) is 65.7 Å². The van der Waals surface area contributed by atoms with E-state index in [-0.39, 0.29) is 5.91 Å². The molecule has 2 aromatic carbocycles. The van der Waals surface area contributed by atoms with E-state index in [9.17, 15) is 4.79 Å². The first-order valence-electron chi connectivity index (χ1n) is 6.64. The minimum atomic E-state index is 0.0303. The lowest BCUT2D eigenvalue weighted by Crippen LogP contribution is -2.11. The number of thioether (sulfide) groups is 1. The van der Waals surface area contributed by atoms with Crippen molar-refractivity contribution in [3.05, 3.63) is 66.4 Å². The lowest BCUT2D eigenvalue weighted by Gasteiger charge is -2.09. The van der Waals surface area contributed by atoms with Gasteiger partial charge >= 0.3 is 0 Å². The van der Waals surface area contributed by atoms with E-state index in [1.807, 2.05) is 60.8 Å². The number of carbonyl (C=O) groups excluding carboxylic acids is 1.